The maximum atomic E-state index is 12.4. The van der Waals surface area contributed by atoms with Gasteiger partial charge in [0.15, 0.2) is 0 Å². The van der Waals surface area contributed by atoms with E-state index in [1.54, 1.807) is 5.38 Å². The van der Waals surface area contributed by atoms with E-state index in [0.717, 1.165) is 4.88 Å². The average Bonchev–Trinajstić information content (AvgIpc) is 2.87. The molecule has 5 heteroatoms. The Balaban J connectivity index is 3.02. The summed E-state index contributed by atoms with van der Waals surface area (Å²) in [4.78, 5) is 25.5. The fourth-order valence-electron chi connectivity index (χ4n) is 1.79. The van der Waals surface area contributed by atoms with Gasteiger partial charge in [-0.3, -0.25) is 0 Å². The molecule has 22 heavy (non-hydrogen) atoms. The molecular formula is C17H26O4S. The highest BCUT2D eigenvalue weighted by molar-refractivity contribution is 7.10. The first-order chi connectivity index (χ1) is 10.2. The predicted octanol–water partition coefficient (Wildman–Crippen LogP) is 4.50. The summed E-state index contributed by atoms with van der Waals surface area (Å²) >= 11 is 1.41. The Morgan fingerprint density at radius 1 is 0.955 bits per heavy atom. The van der Waals surface area contributed by atoms with Gasteiger partial charge < -0.3 is 9.47 Å². The number of ether oxygens (including phenoxy) is 2. The molecule has 0 fully saturated rings. The zero-order chi connectivity index (χ0) is 16.9. The van der Waals surface area contributed by atoms with Gasteiger partial charge in [-0.2, -0.15) is 0 Å². The highest BCUT2D eigenvalue weighted by atomic mass is 32.1. The molecule has 0 bridgehead atoms. The van der Waals surface area contributed by atoms with Crippen LogP contribution in [0.15, 0.2) is 5.38 Å². The van der Waals surface area contributed by atoms with Gasteiger partial charge in [-0.05, 0) is 17.8 Å². The van der Waals surface area contributed by atoms with Crippen molar-refractivity contribution in [1.82, 2.24) is 0 Å². The molecular weight excluding hydrogens is 300 g/mol. The maximum absolute atomic E-state index is 12.4. The smallest absolute Gasteiger partial charge is 0.340 e. The van der Waals surface area contributed by atoms with E-state index in [1.165, 1.54) is 11.3 Å². The predicted molar refractivity (Wildman–Crippen MR) is 88.6 cm³/mol. The van der Waals surface area contributed by atoms with Gasteiger partial charge in [-0.25, -0.2) is 9.59 Å². The van der Waals surface area contributed by atoms with Crippen molar-refractivity contribution in [2.24, 2.45) is 11.8 Å². The molecule has 0 spiro atoms. The molecule has 0 saturated heterocycles. The summed E-state index contributed by atoms with van der Waals surface area (Å²) in [6.07, 6.45) is 0. The lowest BCUT2D eigenvalue weighted by atomic mass is 10.0. The molecule has 1 aromatic rings. The molecule has 1 aromatic heterocycles. The van der Waals surface area contributed by atoms with Crippen LogP contribution in [-0.2, 0) is 9.47 Å². The van der Waals surface area contributed by atoms with Crippen molar-refractivity contribution in [2.45, 2.75) is 47.5 Å². The van der Waals surface area contributed by atoms with E-state index < -0.39 is 11.9 Å². The third kappa shape index (κ3) is 5.13. The van der Waals surface area contributed by atoms with Crippen molar-refractivity contribution in [3.8, 4) is 0 Å². The van der Waals surface area contributed by atoms with E-state index in [2.05, 4.69) is 0 Å². The van der Waals surface area contributed by atoms with Crippen molar-refractivity contribution in [3.63, 3.8) is 0 Å². The first-order valence-corrected chi connectivity index (χ1v) is 8.57. The first kappa shape index (κ1) is 18.7. The van der Waals surface area contributed by atoms with Crippen molar-refractivity contribution < 1.29 is 19.1 Å². The second-order valence-corrected chi connectivity index (χ2v) is 7.44. The van der Waals surface area contributed by atoms with Crippen LogP contribution in [0.4, 0.5) is 0 Å². The Bertz CT molecular complexity index is 515. The van der Waals surface area contributed by atoms with Crippen LogP contribution in [0.2, 0.25) is 0 Å². The van der Waals surface area contributed by atoms with E-state index >= 15 is 0 Å². The molecule has 1 heterocycles. The molecule has 4 nitrogen and oxygen atoms in total. The van der Waals surface area contributed by atoms with Gasteiger partial charge >= 0.3 is 11.9 Å². The summed E-state index contributed by atoms with van der Waals surface area (Å²) < 4.78 is 10.6. The zero-order valence-corrected chi connectivity index (χ0v) is 15.1. The van der Waals surface area contributed by atoms with Crippen LogP contribution >= 0.6 is 11.3 Å². The van der Waals surface area contributed by atoms with E-state index in [9.17, 15) is 9.59 Å². The van der Waals surface area contributed by atoms with Gasteiger partial charge in [0.2, 0.25) is 0 Å². The number of rotatable bonds is 7. The second kappa shape index (κ2) is 8.32. The van der Waals surface area contributed by atoms with Crippen LogP contribution in [0.3, 0.4) is 0 Å². The molecule has 0 atom stereocenters. The number of carbonyl (C=O) groups excluding carboxylic acids is 2. The van der Waals surface area contributed by atoms with E-state index in [4.69, 9.17) is 9.47 Å². The number of hydrogen-bond donors (Lipinski definition) is 0. The largest absolute Gasteiger partial charge is 0.462 e. The number of hydrogen-bond acceptors (Lipinski definition) is 5. The Kier molecular flexibility index (Phi) is 7.07. The van der Waals surface area contributed by atoms with Crippen LogP contribution in [0.1, 0.15) is 73.1 Å². The monoisotopic (exact) mass is 326 g/mol. The van der Waals surface area contributed by atoms with E-state index in [0.29, 0.717) is 24.3 Å². The van der Waals surface area contributed by atoms with Gasteiger partial charge in [-0.1, -0.05) is 41.5 Å². The van der Waals surface area contributed by atoms with Gasteiger partial charge in [0.25, 0.3) is 0 Å². The molecule has 124 valence electrons. The summed E-state index contributed by atoms with van der Waals surface area (Å²) in [5, 5.41) is 1.70. The van der Waals surface area contributed by atoms with Crippen molar-refractivity contribution >= 4 is 23.3 Å². The van der Waals surface area contributed by atoms with E-state index in [1.807, 2.05) is 41.5 Å². The lowest BCUT2D eigenvalue weighted by molar-refractivity contribution is 0.0412. The quantitative estimate of drug-likeness (QED) is 0.692. The summed E-state index contributed by atoms with van der Waals surface area (Å²) in [5.41, 5.74) is 0.692. The molecule has 0 aliphatic carbocycles. The van der Waals surface area contributed by atoms with Crippen LogP contribution in [0.25, 0.3) is 0 Å². The Morgan fingerprint density at radius 2 is 1.45 bits per heavy atom. The normalized spacial score (nSPS) is 11.3. The maximum Gasteiger partial charge on any atom is 0.340 e. The molecule has 0 saturated carbocycles. The summed E-state index contributed by atoms with van der Waals surface area (Å²) in [5.74, 6) is -0.230. The van der Waals surface area contributed by atoms with Crippen molar-refractivity contribution in [2.75, 3.05) is 13.2 Å². The van der Waals surface area contributed by atoms with Crippen LogP contribution < -0.4 is 0 Å². The Morgan fingerprint density at radius 3 is 1.91 bits per heavy atom. The van der Waals surface area contributed by atoms with Crippen molar-refractivity contribution in [3.05, 3.63) is 21.4 Å². The highest BCUT2D eigenvalue weighted by Gasteiger charge is 2.27. The fraction of sp³-hybridized carbons (Fsp3) is 0.647. The van der Waals surface area contributed by atoms with Crippen molar-refractivity contribution in [1.29, 1.82) is 0 Å². The minimum atomic E-state index is -0.451. The van der Waals surface area contributed by atoms with E-state index in [-0.39, 0.29) is 17.8 Å². The Hall–Kier alpha value is -1.36. The van der Waals surface area contributed by atoms with Crippen LogP contribution in [0, 0.1) is 11.8 Å². The minimum absolute atomic E-state index is 0.151. The molecule has 0 aliphatic heterocycles. The molecule has 0 radical (unpaired) electrons. The lowest BCUT2D eigenvalue weighted by Gasteiger charge is -2.12. The number of esters is 2. The third-order valence-corrected chi connectivity index (χ3v) is 4.15. The average molecular weight is 326 g/mol. The molecule has 0 aliphatic rings. The summed E-state index contributed by atoms with van der Waals surface area (Å²) in [6, 6.07) is 0. The second-order valence-electron chi connectivity index (χ2n) is 6.53. The molecule has 0 aromatic carbocycles. The van der Waals surface area contributed by atoms with Crippen LogP contribution in [0.5, 0.6) is 0 Å². The topological polar surface area (TPSA) is 52.6 Å². The highest BCUT2D eigenvalue weighted by Crippen LogP contribution is 2.31. The first-order valence-electron chi connectivity index (χ1n) is 7.69. The van der Waals surface area contributed by atoms with Gasteiger partial charge in [0.05, 0.1) is 24.3 Å². The van der Waals surface area contributed by atoms with Gasteiger partial charge in [0, 0.05) is 10.3 Å². The summed E-state index contributed by atoms with van der Waals surface area (Å²) in [7, 11) is 0. The SMILES string of the molecule is CC(C)COC(=O)c1csc(C(C)C)c1C(=O)OCC(C)C. The molecule has 0 N–H and O–H groups in total. The number of carbonyl (C=O) groups is 2. The zero-order valence-electron chi connectivity index (χ0n) is 14.3. The molecule has 0 unspecified atom stereocenters. The summed E-state index contributed by atoms with van der Waals surface area (Å²) in [6.45, 7) is 12.6. The van der Waals surface area contributed by atoms with Crippen LogP contribution in [-0.4, -0.2) is 25.2 Å². The standard InChI is InChI=1S/C17H26O4S/c1-10(2)7-20-16(18)13-9-22-15(12(5)6)14(13)17(19)21-8-11(3)4/h9-12H,7-8H2,1-6H3. The fourth-order valence-corrected chi connectivity index (χ4v) is 2.84. The molecule has 0 amide bonds. The Labute approximate surface area is 136 Å². The third-order valence-electron chi connectivity index (χ3n) is 2.86. The van der Waals surface area contributed by atoms with Gasteiger partial charge in [0.1, 0.15) is 0 Å². The van der Waals surface area contributed by atoms with Gasteiger partial charge in [-0.15, -0.1) is 11.3 Å². The lowest BCUT2D eigenvalue weighted by Crippen LogP contribution is -2.17. The molecule has 1 rings (SSSR count). The number of thiophene rings is 1. The minimum Gasteiger partial charge on any atom is -0.462 e.